The Morgan fingerprint density at radius 2 is 2.53 bits per heavy atom. The van der Waals surface area contributed by atoms with Crippen LogP contribution in [0.4, 0.5) is 5.95 Å². The van der Waals surface area contributed by atoms with Crippen LogP contribution >= 0.6 is 11.3 Å². The Bertz CT molecular complexity index is 450. The highest BCUT2D eigenvalue weighted by Crippen LogP contribution is 2.00. The second kappa shape index (κ2) is 4.05. The van der Waals surface area contributed by atoms with Crippen molar-refractivity contribution in [3.8, 4) is 0 Å². The molecule has 8 heteroatoms. The summed E-state index contributed by atoms with van der Waals surface area (Å²) in [6.07, 6.45) is 0. The predicted octanol–water partition coefficient (Wildman–Crippen LogP) is -0.227. The summed E-state index contributed by atoms with van der Waals surface area (Å²) in [4.78, 5) is 19.1. The molecule has 0 fully saturated rings. The highest BCUT2D eigenvalue weighted by molar-refractivity contribution is 7.07. The summed E-state index contributed by atoms with van der Waals surface area (Å²) in [5.41, 5.74) is 7.77. The van der Waals surface area contributed by atoms with E-state index < -0.39 is 0 Å². The number of carbonyl (C=O) groups excluding carboxylic acids is 1. The molecule has 7 nitrogen and oxygen atoms in total. The van der Waals surface area contributed by atoms with Gasteiger partial charge in [-0.05, 0) is 0 Å². The Morgan fingerprint density at radius 1 is 1.67 bits per heavy atom. The normalized spacial score (nSPS) is 10.1. The van der Waals surface area contributed by atoms with Crippen LogP contribution in [0.5, 0.6) is 0 Å². The molecule has 0 aliphatic heterocycles. The van der Waals surface area contributed by atoms with E-state index in [0.717, 1.165) is 5.69 Å². The van der Waals surface area contributed by atoms with E-state index in [1.807, 2.05) is 5.38 Å². The van der Waals surface area contributed by atoms with Crippen LogP contribution in [0.15, 0.2) is 10.9 Å². The van der Waals surface area contributed by atoms with Gasteiger partial charge in [-0.2, -0.15) is 4.98 Å². The van der Waals surface area contributed by atoms with Crippen molar-refractivity contribution in [3.05, 3.63) is 22.4 Å². The number of aromatic amines is 1. The largest absolute Gasteiger partial charge is 0.366 e. The molecule has 15 heavy (non-hydrogen) atoms. The van der Waals surface area contributed by atoms with Gasteiger partial charge in [-0.25, -0.2) is 4.98 Å². The number of hydrogen-bond acceptors (Lipinski definition) is 6. The molecule has 0 aliphatic carbocycles. The highest BCUT2D eigenvalue weighted by Gasteiger charge is 2.10. The van der Waals surface area contributed by atoms with Gasteiger partial charge in [-0.15, -0.1) is 16.4 Å². The van der Waals surface area contributed by atoms with Crippen LogP contribution in [0.3, 0.4) is 0 Å². The number of aromatic nitrogens is 4. The summed E-state index contributed by atoms with van der Waals surface area (Å²) >= 11 is 1.47. The third-order valence-corrected chi connectivity index (χ3v) is 2.27. The number of nitrogens with one attached hydrogen (secondary N) is 2. The molecule has 0 bridgehead atoms. The zero-order chi connectivity index (χ0) is 10.7. The van der Waals surface area contributed by atoms with Gasteiger partial charge >= 0.3 is 0 Å². The number of rotatable bonds is 3. The zero-order valence-electron chi connectivity index (χ0n) is 7.60. The minimum absolute atomic E-state index is 0.0498. The molecule has 0 spiro atoms. The van der Waals surface area contributed by atoms with Gasteiger partial charge in [0.15, 0.2) is 0 Å². The topological polar surface area (TPSA) is 110 Å². The molecule has 2 rings (SSSR count). The number of thiazole rings is 1. The van der Waals surface area contributed by atoms with Gasteiger partial charge < -0.3 is 11.1 Å². The van der Waals surface area contributed by atoms with Gasteiger partial charge in [-0.3, -0.25) is 9.89 Å². The molecule has 2 aromatic heterocycles. The molecule has 0 saturated heterocycles. The summed E-state index contributed by atoms with van der Waals surface area (Å²) in [6.45, 7) is 0.364. The van der Waals surface area contributed by atoms with E-state index in [4.69, 9.17) is 5.73 Å². The average molecular weight is 224 g/mol. The van der Waals surface area contributed by atoms with Crippen LogP contribution in [0.2, 0.25) is 0 Å². The van der Waals surface area contributed by atoms with Crippen molar-refractivity contribution in [1.82, 2.24) is 25.5 Å². The van der Waals surface area contributed by atoms with Gasteiger partial charge in [0.25, 0.3) is 5.91 Å². The van der Waals surface area contributed by atoms with Crippen LogP contribution in [-0.2, 0) is 6.54 Å². The molecule has 2 aromatic rings. The number of nitrogen functional groups attached to an aromatic ring is 1. The fourth-order valence-electron chi connectivity index (χ4n) is 0.956. The van der Waals surface area contributed by atoms with Crippen LogP contribution in [-0.4, -0.2) is 26.1 Å². The van der Waals surface area contributed by atoms with Crippen molar-refractivity contribution in [2.45, 2.75) is 6.54 Å². The second-order valence-electron chi connectivity index (χ2n) is 2.70. The first-order valence-electron chi connectivity index (χ1n) is 4.09. The third-order valence-electron chi connectivity index (χ3n) is 1.63. The van der Waals surface area contributed by atoms with Crippen LogP contribution in [0.1, 0.15) is 16.3 Å². The van der Waals surface area contributed by atoms with E-state index in [2.05, 4.69) is 25.5 Å². The summed E-state index contributed by atoms with van der Waals surface area (Å²) in [5.74, 6) is -0.205. The van der Waals surface area contributed by atoms with E-state index in [9.17, 15) is 4.79 Å². The Kier molecular flexibility index (Phi) is 2.59. The van der Waals surface area contributed by atoms with Crippen LogP contribution in [0.25, 0.3) is 0 Å². The molecule has 0 aromatic carbocycles. The number of carbonyl (C=O) groups is 1. The average Bonchev–Trinajstić information content (AvgIpc) is 2.84. The number of nitrogens with zero attached hydrogens (tertiary/aromatic N) is 3. The summed E-state index contributed by atoms with van der Waals surface area (Å²) < 4.78 is 0. The maximum Gasteiger partial charge on any atom is 0.288 e. The Morgan fingerprint density at radius 3 is 3.13 bits per heavy atom. The smallest absolute Gasteiger partial charge is 0.288 e. The van der Waals surface area contributed by atoms with Crippen LogP contribution < -0.4 is 11.1 Å². The van der Waals surface area contributed by atoms with E-state index in [0.29, 0.717) is 6.54 Å². The first-order valence-corrected chi connectivity index (χ1v) is 5.03. The molecule has 2 heterocycles. The van der Waals surface area contributed by atoms with Crippen molar-refractivity contribution in [2.75, 3.05) is 5.73 Å². The minimum atomic E-state index is -0.354. The number of anilines is 1. The lowest BCUT2D eigenvalue weighted by molar-refractivity contribution is 0.0940. The van der Waals surface area contributed by atoms with Gasteiger partial charge in [0.05, 0.1) is 17.7 Å². The van der Waals surface area contributed by atoms with E-state index in [-0.39, 0.29) is 17.7 Å². The lowest BCUT2D eigenvalue weighted by Crippen LogP contribution is -2.24. The molecule has 0 atom stereocenters. The van der Waals surface area contributed by atoms with Gasteiger partial charge in [-0.1, -0.05) is 0 Å². The van der Waals surface area contributed by atoms with Crippen molar-refractivity contribution in [2.24, 2.45) is 0 Å². The maximum atomic E-state index is 11.4. The Balaban J connectivity index is 1.93. The van der Waals surface area contributed by atoms with Gasteiger partial charge in [0.1, 0.15) is 0 Å². The van der Waals surface area contributed by atoms with E-state index in [1.165, 1.54) is 11.3 Å². The van der Waals surface area contributed by atoms with Gasteiger partial charge in [0, 0.05) is 5.38 Å². The second-order valence-corrected chi connectivity index (χ2v) is 3.42. The number of hydrogen-bond donors (Lipinski definition) is 3. The SMILES string of the molecule is Nc1n[nH]c(C(=O)NCc2cscn2)n1. The molecule has 0 saturated carbocycles. The lowest BCUT2D eigenvalue weighted by Gasteiger charge is -1.98. The summed E-state index contributed by atoms with van der Waals surface area (Å²) in [6, 6.07) is 0. The lowest BCUT2D eigenvalue weighted by atomic mass is 10.4. The van der Waals surface area contributed by atoms with Crippen molar-refractivity contribution in [3.63, 3.8) is 0 Å². The molecule has 78 valence electrons. The van der Waals surface area contributed by atoms with E-state index in [1.54, 1.807) is 5.51 Å². The summed E-state index contributed by atoms with van der Waals surface area (Å²) in [7, 11) is 0. The molecular weight excluding hydrogens is 216 g/mol. The van der Waals surface area contributed by atoms with E-state index >= 15 is 0 Å². The highest BCUT2D eigenvalue weighted by atomic mass is 32.1. The molecule has 0 radical (unpaired) electrons. The third kappa shape index (κ3) is 2.29. The fourth-order valence-corrected chi connectivity index (χ4v) is 1.51. The maximum absolute atomic E-state index is 11.4. The van der Waals surface area contributed by atoms with Crippen molar-refractivity contribution in [1.29, 1.82) is 0 Å². The number of H-pyrrole nitrogens is 1. The monoisotopic (exact) mass is 224 g/mol. The van der Waals surface area contributed by atoms with Crippen molar-refractivity contribution >= 4 is 23.2 Å². The number of amides is 1. The predicted molar refractivity (Wildman–Crippen MR) is 54.1 cm³/mol. The fraction of sp³-hybridized carbons (Fsp3) is 0.143. The quantitative estimate of drug-likeness (QED) is 0.667. The first-order chi connectivity index (χ1) is 7.25. The molecule has 0 aliphatic rings. The Hall–Kier alpha value is -1.96. The van der Waals surface area contributed by atoms with Gasteiger partial charge in [0.2, 0.25) is 11.8 Å². The standard InChI is InChI=1S/C7H8N6OS/c8-7-11-5(12-13-7)6(14)9-1-4-2-15-3-10-4/h2-3H,1H2,(H,9,14)(H3,8,11,12,13). The Labute approximate surface area is 88.7 Å². The number of nitrogens with two attached hydrogens (primary N) is 1. The summed E-state index contributed by atoms with van der Waals surface area (Å²) in [5, 5.41) is 10.5. The minimum Gasteiger partial charge on any atom is -0.366 e. The molecule has 4 N–H and O–H groups in total. The molecular formula is C7H8N6OS. The molecule has 0 unspecified atom stereocenters. The molecule has 1 amide bonds. The first kappa shape index (κ1) is 9.59. The zero-order valence-corrected chi connectivity index (χ0v) is 8.41. The van der Waals surface area contributed by atoms with Crippen molar-refractivity contribution < 1.29 is 4.79 Å². The van der Waals surface area contributed by atoms with Crippen LogP contribution in [0, 0.1) is 0 Å².